The second-order valence-electron chi connectivity index (χ2n) is 4.65. The van der Waals surface area contributed by atoms with E-state index in [1.54, 1.807) is 4.90 Å². The standard InChI is InChI=1S/C13H17FN4O2/c14-9-1-3-10(4-2-9)17-12(19)8-18-6-5-16-7-11(18)13(15)20/h1-4,11,16H,5-8H2,(H2,15,20)(H,17,19). The van der Waals surface area contributed by atoms with E-state index in [1.165, 1.54) is 24.3 Å². The van der Waals surface area contributed by atoms with Gasteiger partial charge < -0.3 is 16.4 Å². The molecule has 0 aromatic heterocycles. The van der Waals surface area contributed by atoms with Gasteiger partial charge in [-0.2, -0.15) is 0 Å². The zero-order chi connectivity index (χ0) is 14.5. The van der Waals surface area contributed by atoms with Crippen LogP contribution in [0.3, 0.4) is 0 Å². The molecule has 2 amide bonds. The number of nitrogens with two attached hydrogens (primary N) is 1. The maximum atomic E-state index is 12.8. The third-order valence-electron chi connectivity index (χ3n) is 3.16. The lowest BCUT2D eigenvalue weighted by molar-refractivity contribution is -0.125. The Hall–Kier alpha value is -1.99. The number of carbonyl (C=O) groups is 2. The molecule has 6 nitrogen and oxygen atoms in total. The fraction of sp³-hybridized carbons (Fsp3) is 0.385. The number of rotatable bonds is 4. The fourth-order valence-corrected chi connectivity index (χ4v) is 2.13. The van der Waals surface area contributed by atoms with Crippen LogP contribution in [0.4, 0.5) is 10.1 Å². The summed E-state index contributed by atoms with van der Waals surface area (Å²) < 4.78 is 12.8. The Bertz CT molecular complexity index is 492. The van der Waals surface area contributed by atoms with E-state index in [2.05, 4.69) is 10.6 Å². The number of benzene rings is 1. The van der Waals surface area contributed by atoms with Crippen LogP contribution in [-0.4, -0.2) is 48.9 Å². The largest absolute Gasteiger partial charge is 0.368 e. The molecule has 1 atom stereocenters. The Kier molecular flexibility index (Phi) is 4.65. The molecule has 1 aromatic rings. The lowest BCUT2D eigenvalue weighted by atomic mass is 10.2. The average molecular weight is 280 g/mol. The predicted octanol–water partition coefficient (Wildman–Crippen LogP) is -0.477. The molecule has 20 heavy (non-hydrogen) atoms. The van der Waals surface area contributed by atoms with E-state index >= 15 is 0 Å². The first-order valence-electron chi connectivity index (χ1n) is 6.36. The van der Waals surface area contributed by atoms with Crippen LogP contribution >= 0.6 is 0 Å². The van der Waals surface area contributed by atoms with Gasteiger partial charge in [0.05, 0.1) is 6.54 Å². The summed E-state index contributed by atoms with van der Waals surface area (Å²) in [5.41, 5.74) is 5.82. The van der Waals surface area contributed by atoms with Gasteiger partial charge >= 0.3 is 0 Å². The molecule has 1 saturated heterocycles. The highest BCUT2D eigenvalue weighted by atomic mass is 19.1. The third-order valence-corrected chi connectivity index (χ3v) is 3.16. The lowest BCUT2D eigenvalue weighted by Gasteiger charge is -2.33. The predicted molar refractivity (Wildman–Crippen MR) is 72.5 cm³/mol. The van der Waals surface area contributed by atoms with Gasteiger partial charge in [-0.15, -0.1) is 0 Å². The molecule has 108 valence electrons. The summed E-state index contributed by atoms with van der Waals surface area (Å²) in [5, 5.41) is 5.72. The van der Waals surface area contributed by atoms with Crippen molar-refractivity contribution >= 4 is 17.5 Å². The van der Waals surface area contributed by atoms with Crippen LogP contribution in [-0.2, 0) is 9.59 Å². The number of hydrogen-bond donors (Lipinski definition) is 3. The maximum Gasteiger partial charge on any atom is 0.238 e. The Morgan fingerprint density at radius 3 is 2.75 bits per heavy atom. The second kappa shape index (κ2) is 6.44. The highest BCUT2D eigenvalue weighted by Crippen LogP contribution is 2.09. The van der Waals surface area contributed by atoms with E-state index < -0.39 is 11.9 Å². The fourth-order valence-electron chi connectivity index (χ4n) is 2.13. The second-order valence-corrected chi connectivity index (χ2v) is 4.65. The van der Waals surface area contributed by atoms with Crippen LogP contribution in [0, 0.1) is 5.82 Å². The summed E-state index contributed by atoms with van der Waals surface area (Å²) in [7, 11) is 0. The van der Waals surface area contributed by atoms with Crippen LogP contribution < -0.4 is 16.4 Å². The number of carbonyl (C=O) groups excluding carboxylic acids is 2. The Morgan fingerprint density at radius 1 is 1.40 bits per heavy atom. The van der Waals surface area contributed by atoms with Crippen molar-refractivity contribution in [1.82, 2.24) is 10.2 Å². The van der Waals surface area contributed by atoms with Crippen molar-refractivity contribution in [2.75, 3.05) is 31.5 Å². The van der Waals surface area contributed by atoms with E-state index in [1.807, 2.05) is 0 Å². The SMILES string of the molecule is NC(=O)C1CNCCN1CC(=O)Nc1ccc(F)cc1. The van der Waals surface area contributed by atoms with Crippen LogP contribution in [0.1, 0.15) is 0 Å². The summed E-state index contributed by atoms with van der Waals surface area (Å²) in [5.74, 6) is -1.07. The Balaban J connectivity index is 1.92. The highest BCUT2D eigenvalue weighted by Gasteiger charge is 2.28. The molecule has 1 aromatic carbocycles. The number of anilines is 1. The molecule has 4 N–H and O–H groups in total. The molecule has 1 fully saturated rings. The zero-order valence-corrected chi connectivity index (χ0v) is 10.9. The summed E-state index contributed by atoms with van der Waals surface area (Å²) in [6.45, 7) is 1.80. The molecule has 2 rings (SSSR count). The lowest BCUT2D eigenvalue weighted by Crippen LogP contribution is -2.58. The summed E-state index contributed by atoms with van der Waals surface area (Å²) in [6.07, 6.45) is 0. The van der Waals surface area contributed by atoms with Gasteiger partial charge in [0, 0.05) is 25.3 Å². The first-order valence-corrected chi connectivity index (χ1v) is 6.36. The molecule has 0 bridgehead atoms. The van der Waals surface area contributed by atoms with Gasteiger partial charge in [0.25, 0.3) is 0 Å². The van der Waals surface area contributed by atoms with E-state index in [0.29, 0.717) is 25.3 Å². The van der Waals surface area contributed by atoms with Crippen molar-refractivity contribution in [3.8, 4) is 0 Å². The molecule has 0 spiro atoms. The van der Waals surface area contributed by atoms with Crippen LogP contribution in [0.25, 0.3) is 0 Å². The quantitative estimate of drug-likeness (QED) is 0.695. The van der Waals surface area contributed by atoms with Crippen molar-refractivity contribution in [3.63, 3.8) is 0 Å². The average Bonchev–Trinajstić information content (AvgIpc) is 2.41. The van der Waals surface area contributed by atoms with Gasteiger partial charge in [-0.25, -0.2) is 4.39 Å². The topological polar surface area (TPSA) is 87.5 Å². The van der Waals surface area contributed by atoms with Crippen LogP contribution in [0.5, 0.6) is 0 Å². The minimum Gasteiger partial charge on any atom is -0.368 e. The third kappa shape index (κ3) is 3.75. The molecule has 1 heterocycles. The van der Waals surface area contributed by atoms with Gasteiger partial charge in [0.1, 0.15) is 11.9 Å². The molecule has 7 heteroatoms. The van der Waals surface area contributed by atoms with E-state index in [4.69, 9.17) is 5.73 Å². The van der Waals surface area contributed by atoms with Crippen molar-refractivity contribution in [2.45, 2.75) is 6.04 Å². The molecule has 0 saturated carbocycles. The number of hydrogen-bond acceptors (Lipinski definition) is 4. The number of halogens is 1. The number of nitrogens with one attached hydrogen (secondary N) is 2. The smallest absolute Gasteiger partial charge is 0.238 e. The Morgan fingerprint density at radius 2 is 2.10 bits per heavy atom. The van der Waals surface area contributed by atoms with Crippen LogP contribution in [0.15, 0.2) is 24.3 Å². The van der Waals surface area contributed by atoms with E-state index in [-0.39, 0.29) is 18.3 Å². The molecule has 0 aliphatic carbocycles. The molecule has 1 aliphatic rings. The Labute approximate surface area is 116 Å². The molecular weight excluding hydrogens is 263 g/mol. The van der Waals surface area contributed by atoms with E-state index in [0.717, 1.165) is 0 Å². The molecule has 0 radical (unpaired) electrons. The minimum atomic E-state index is -0.484. The molecule has 1 unspecified atom stereocenters. The van der Waals surface area contributed by atoms with Crippen molar-refractivity contribution in [1.29, 1.82) is 0 Å². The van der Waals surface area contributed by atoms with Crippen molar-refractivity contribution < 1.29 is 14.0 Å². The van der Waals surface area contributed by atoms with Gasteiger partial charge in [-0.3, -0.25) is 14.5 Å². The summed E-state index contributed by atoms with van der Waals surface area (Å²) in [6, 6.07) is 5.02. The normalized spacial score (nSPS) is 19.6. The summed E-state index contributed by atoms with van der Waals surface area (Å²) >= 11 is 0. The van der Waals surface area contributed by atoms with Gasteiger partial charge in [0.2, 0.25) is 11.8 Å². The first-order chi connectivity index (χ1) is 9.56. The number of piperazine rings is 1. The molecular formula is C13H17FN4O2. The number of primary amides is 1. The maximum absolute atomic E-state index is 12.8. The number of nitrogens with zero attached hydrogens (tertiary/aromatic N) is 1. The monoisotopic (exact) mass is 280 g/mol. The first kappa shape index (κ1) is 14.4. The van der Waals surface area contributed by atoms with Gasteiger partial charge in [0.15, 0.2) is 0 Å². The van der Waals surface area contributed by atoms with Crippen LogP contribution in [0.2, 0.25) is 0 Å². The zero-order valence-electron chi connectivity index (χ0n) is 10.9. The highest BCUT2D eigenvalue weighted by molar-refractivity contribution is 5.92. The number of amides is 2. The minimum absolute atomic E-state index is 0.0761. The summed E-state index contributed by atoms with van der Waals surface area (Å²) in [4.78, 5) is 25.0. The van der Waals surface area contributed by atoms with Gasteiger partial charge in [-0.1, -0.05) is 0 Å². The van der Waals surface area contributed by atoms with Crippen molar-refractivity contribution in [2.24, 2.45) is 5.73 Å². The van der Waals surface area contributed by atoms with Crippen molar-refractivity contribution in [3.05, 3.63) is 30.1 Å². The molecule has 1 aliphatic heterocycles. The van der Waals surface area contributed by atoms with E-state index in [9.17, 15) is 14.0 Å². The van der Waals surface area contributed by atoms with Gasteiger partial charge in [-0.05, 0) is 24.3 Å².